The molecule has 2 fully saturated rings. The Kier molecular flexibility index (Phi) is 5.14. The molecule has 1 aliphatic heterocycles. The maximum Gasteiger partial charge on any atom is 0.0687 e. The molecular weight excluding hydrogens is 303 g/mol. The normalized spacial score (nSPS) is 26.1. The van der Waals surface area contributed by atoms with Crippen LogP contribution in [-0.2, 0) is 4.74 Å². The molecule has 2 atom stereocenters. The Morgan fingerprint density at radius 2 is 2.00 bits per heavy atom. The molecule has 0 amide bonds. The zero-order chi connectivity index (χ0) is 14.7. The quantitative estimate of drug-likeness (QED) is 0.622. The van der Waals surface area contributed by atoms with Crippen LogP contribution in [0.1, 0.15) is 62.8 Å². The summed E-state index contributed by atoms with van der Waals surface area (Å²) in [6.45, 7) is 0. The van der Waals surface area contributed by atoms with Crippen molar-refractivity contribution in [1.29, 1.82) is 0 Å². The first-order valence-electron chi connectivity index (χ1n) is 8.20. The molecule has 1 saturated heterocycles. The molecule has 21 heavy (non-hydrogen) atoms. The van der Waals surface area contributed by atoms with E-state index in [1.165, 1.54) is 50.5 Å². The lowest BCUT2D eigenvalue weighted by atomic mass is 9.83. The van der Waals surface area contributed by atoms with Gasteiger partial charge in [0.1, 0.15) is 0 Å². The first kappa shape index (κ1) is 15.6. The standard InChI is InChI=1S/C18H24Cl2O/c19-13-15(14-5-4-6-16(20)11-14)12-17-7-10-18(21-17)8-2-1-3-9-18/h4-6,11,15,17H,1-3,7-10,12-13H2. The summed E-state index contributed by atoms with van der Waals surface area (Å²) in [5.41, 5.74) is 1.44. The molecule has 116 valence electrons. The van der Waals surface area contributed by atoms with E-state index in [-0.39, 0.29) is 5.60 Å². The molecule has 0 aromatic heterocycles. The van der Waals surface area contributed by atoms with Crippen LogP contribution in [0.15, 0.2) is 24.3 Å². The predicted octanol–water partition coefficient (Wildman–Crippen LogP) is 5.93. The summed E-state index contributed by atoms with van der Waals surface area (Å²) in [5.74, 6) is 0.974. The van der Waals surface area contributed by atoms with Gasteiger partial charge in [-0.2, -0.15) is 0 Å². The zero-order valence-electron chi connectivity index (χ0n) is 12.5. The van der Waals surface area contributed by atoms with Crippen molar-refractivity contribution < 1.29 is 4.74 Å². The minimum Gasteiger partial charge on any atom is -0.372 e. The van der Waals surface area contributed by atoms with E-state index in [4.69, 9.17) is 27.9 Å². The van der Waals surface area contributed by atoms with E-state index < -0.39 is 0 Å². The molecular formula is C18H24Cl2O. The molecule has 2 aliphatic rings. The molecule has 3 heteroatoms. The molecule has 0 bridgehead atoms. The van der Waals surface area contributed by atoms with Crippen LogP contribution >= 0.6 is 23.2 Å². The number of hydrogen-bond donors (Lipinski definition) is 0. The van der Waals surface area contributed by atoms with Gasteiger partial charge in [-0.1, -0.05) is 43.0 Å². The summed E-state index contributed by atoms with van der Waals surface area (Å²) >= 11 is 12.3. The maximum atomic E-state index is 6.48. The summed E-state index contributed by atoms with van der Waals surface area (Å²) in [6.07, 6.45) is 10.4. The van der Waals surface area contributed by atoms with Crippen LogP contribution < -0.4 is 0 Å². The summed E-state index contributed by atoms with van der Waals surface area (Å²) in [5, 5.41) is 0.790. The molecule has 3 rings (SSSR count). The minimum atomic E-state index is 0.202. The predicted molar refractivity (Wildman–Crippen MR) is 89.5 cm³/mol. The highest BCUT2D eigenvalue weighted by Gasteiger charge is 2.41. The van der Waals surface area contributed by atoms with Gasteiger partial charge in [-0.3, -0.25) is 0 Å². The average Bonchev–Trinajstić information content (AvgIpc) is 2.88. The van der Waals surface area contributed by atoms with Gasteiger partial charge in [-0.25, -0.2) is 0 Å². The molecule has 1 heterocycles. The second-order valence-corrected chi connectivity index (χ2v) is 7.41. The van der Waals surface area contributed by atoms with Gasteiger partial charge in [0.25, 0.3) is 0 Å². The van der Waals surface area contributed by atoms with Crippen molar-refractivity contribution in [1.82, 2.24) is 0 Å². The Hall–Kier alpha value is -0.240. The fraction of sp³-hybridized carbons (Fsp3) is 0.667. The Balaban J connectivity index is 1.63. The average molecular weight is 327 g/mol. The SMILES string of the molecule is ClCC(CC1CCC2(CCCCC2)O1)c1cccc(Cl)c1. The second kappa shape index (κ2) is 6.89. The van der Waals surface area contributed by atoms with Crippen LogP contribution in [0, 0.1) is 0 Å². The Labute approximate surface area is 138 Å². The third-order valence-electron chi connectivity index (χ3n) is 5.16. The summed E-state index contributed by atoms with van der Waals surface area (Å²) in [4.78, 5) is 0. The molecule has 1 aromatic rings. The summed E-state index contributed by atoms with van der Waals surface area (Å²) in [6, 6.07) is 8.10. The number of rotatable bonds is 4. The maximum absolute atomic E-state index is 6.48. The van der Waals surface area contributed by atoms with Crippen LogP contribution in [0.25, 0.3) is 0 Å². The Morgan fingerprint density at radius 1 is 1.19 bits per heavy atom. The molecule has 1 aromatic carbocycles. The molecule has 1 nitrogen and oxygen atoms in total. The number of ether oxygens (including phenoxy) is 1. The fourth-order valence-electron chi connectivity index (χ4n) is 3.99. The number of hydrogen-bond acceptors (Lipinski definition) is 1. The number of alkyl halides is 1. The van der Waals surface area contributed by atoms with E-state index >= 15 is 0 Å². The fourth-order valence-corrected chi connectivity index (χ4v) is 4.49. The van der Waals surface area contributed by atoms with E-state index in [2.05, 4.69) is 6.07 Å². The molecule has 1 saturated carbocycles. The van der Waals surface area contributed by atoms with Gasteiger partial charge in [0.2, 0.25) is 0 Å². The lowest BCUT2D eigenvalue weighted by molar-refractivity contribution is -0.0669. The largest absolute Gasteiger partial charge is 0.372 e. The second-order valence-electron chi connectivity index (χ2n) is 6.66. The third-order valence-corrected chi connectivity index (χ3v) is 5.76. The highest BCUT2D eigenvalue weighted by Crippen LogP contribution is 2.44. The Bertz CT molecular complexity index is 468. The van der Waals surface area contributed by atoms with Crippen LogP contribution in [-0.4, -0.2) is 17.6 Å². The smallest absolute Gasteiger partial charge is 0.0687 e. The van der Waals surface area contributed by atoms with Gasteiger partial charge in [0.15, 0.2) is 0 Å². The highest BCUT2D eigenvalue weighted by atomic mass is 35.5. The molecule has 2 unspecified atom stereocenters. The van der Waals surface area contributed by atoms with Gasteiger partial charge in [-0.15, -0.1) is 11.6 Å². The summed E-state index contributed by atoms with van der Waals surface area (Å²) < 4.78 is 6.48. The van der Waals surface area contributed by atoms with E-state index in [1.54, 1.807) is 0 Å². The van der Waals surface area contributed by atoms with Crippen LogP contribution in [0.3, 0.4) is 0 Å². The van der Waals surface area contributed by atoms with Gasteiger partial charge in [0.05, 0.1) is 11.7 Å². The first-order chi connectivity index (χ1) is 10.2. The van der Waals surface area contributed by atoms with Crippen LogP contribution in [0.5, 0.6) is 0 Å². The van der Waals surface area contributed by atoms with Crippen molar-refractivity contribution in [2.75, 3.05) is 5.88 Å². The van der Waals surface area contributed by atoms with Crippen molar-refractivity contribution in [3.05, 3.63) is 34.9 Å². The lowest BCUT2D eigenvalue weighted by Crippen LogP contribution is -2.32. The van der Waals surface area contributed by atoms with Gasteiger partial charge < -0.3 is 4.74 Å². The third kappa shape index (κ3) is 3.75. The molecule has 0 radical (unpaired) electrons. The van der Waals surface area contributed by atoms with Crippen LogP contribution in [0.2, 0.25) is 5.02 Å². The molecule has 1 aliphatic carbocycles. The van der Waals surface area contributed by atoms with E-state index in [9.17, 15) is 0 Å². The first-order valence-corrected chi connectivity index (χ1v) is 9.11. The van der Waals surface area contributed by atoms with Crippen molar-refractivity contribution in [3.8, 4) is 0 Å². The van der Waals surface area contributed by atoms with E-state index in [0.717, 1.165) is 11.4 Å². The van der Waals surface area contributed by atoms with Gasteiger partial charge in [0, 0.05) is 10.9 Å². The molecule has 1 spiro atoms. The van der Waals surface area contributed by atoms with E-state index in [1.807, 2.05) is 18.2 Å². The Morgan fingerprint density at radius 3 is 2.71 bits per heavy atom. The van der Waals surface area contributed by atoms with Crippen molar-refractivity contribution in [2.24, 2.45) is 0 Å². The van der Waals surface area contributed by atoms with Crippen LogP contribution in [0.4, 0.5) is 0 Å². The minimum absolute atomic E-state index is 0.202. The topological polar surface area (TPSA) is 9.23 Å². The zero-order valence-corrected chi connectivity index (χ0v) is 14.0. The van der Waals surface area contributed by atoms with Gasteiger partial charge >= 0.3 is 0 Å². The highest BCUT2D eigenvalue weighted by molar-refractivity contribution is 6.30. The number of benzene rings is 1. The number of halogens is 2. The van der Waals surface area contributed by atoms with E-state index in [0.29, 0.717) is 17.9 Å². The van der Waals surface area contributed by atoms with Crippen molar-refractivity contribution in [3.63, 3.8) is 0 Å². The van der Waals surface area contributed by atoms with Crippen molar-refractivity contribution in [2.45, 2.75) is 69.0 Å². The van der Waals surface area contributed by atoms with Gasteiger partial charge in [-0.05, 0) is 55.7 Å². The monoisotopic (exact) mass is 326 g/mol. The van der Waals surface area contributed by atoms with Crippen molar-refractivity contribution >= 4 is 23.2 Å². The summed E-state index contributed by atoms with van der Waals surface area (Å²) in [7, 11) is 0. The molecule has 0 N–H and O–H groups in total. The lowest BCUT2D eigenvalue weighted by Gasteiger charge is -2.33.